The molecule has 0 saturated carbocycles. The van der Waals surface area contributed by atoms with Gasteiger partial charge in [-0.05, 0) is 48.4 Å². The molecule has 2 aromatic carbocycles. The summed E-state index contributed by atoms with van der Waals surface area (Å²) in [6, 6.07) is 15.8. The van der Waals surface area contributed by atoms with Gasteiger partial charge in [0, 0.05) is 5.02 Å². The van der Waals surface area contributed by atoms with Crippen molar-refractivity contribution in [1.29, 1.82) is 0 Å². The normalized spacial score (nSPS) is 11.5. The molecule has 0 saturated heterocycles. The second-order valence-corrected chi connectivity index (χ2v) is 9.69. The monoisotopic (exact) mass is 497 g/mol. The highest BCUT2D eigenvalue weighted by Crippen LogP contribution is 2.23. The number of pyridine rings is 1. The van der Waals surface area contributed by atoms with Gasteiger partial charge in [0.15, 0.2) is 5.65 Å². The van der Waals surface area contributed by atoms with Gasteiger partial charge in [-0.25, -0.2) is 23.1 Å². The van der Waals surface area contributed by atoms with Gasteiger partial charge in [0.1, 0.15) is 17.0 Å². The maximum Gasteiger partial charge on any atom is 0.283 e. The summed E-state index contributed by atoms with van der Waals surface area (Å²) in [6.45, 7) is 2.09. The summed E-state index contributed by atoms with van der Waals surface area (Å²) in [7, 11) is -4.05. The molecule has 0 bridgehead atoms. The van der Waals surface area contributed by atoms with Gasteiger partial charge in [-0.3, -0.25) is 9.59 Å². The van der Waals surface area contributed by atoms with Crippen LogP contribution in [0.5, 0.6) is 0 Å². The van der Waals surface area contributed by atoms with Gasteiger partial charge >= 0.3 is 0 Å². The Labute approximate surface area is 200 Å². The van der Waals surface area contributed by atoms with Crippen LogP contribution in [-0.2, 0) is 27.8 Å². The van der Waals surface area contributed by atoms with Gasteiger partial charge in [0.05, 0.1) is 17.9 Å². The minimum absolute atomic E-state index is 0.0280. The van der Waals surface area contributed by atoms with E-state index in [1.807, 2.05) is 4.72 Å². The molecule has 2 heterocycles. The maximum absolute atomic E-state index is 12.7. The van der Waals surface area contributed by atoms with Crippen LogP contribution in [0.15, 0.2) is 65.6 Å². The average molecular weight is 498 g/mol. The molecule has 9 nitrogen and oxygen atoms in total. The van der Waals surface area contributed by atoms with E-state index < -0.39 is 21.8 Å². The number of carbonyl (C=O) groups is 2. The van der Waals surface area contributed by atoms with Crippen molar-refractivity contribution in [3.8, 4) is 0 Å². The van der Waals surface area contributed by atoms with Gasteiger partial charge < -0.3 is 10.3 Å². The molecule has 0 aliphatic carbocycles. The van der Waals surface area contributed by atoms with Crippen molar-refractivity contribution in [1.82, 2.24) is 19.3 Å². The fourth-order valence-corrected chi connectivity index (χ4v) is 4.71. The highest BCUT2D eigenvalue weighted by molar-refractivity contribution is 7.90. The third-order valence-electron chi connectivity index (χ3n) is 5.12. The number of carbonyl (C=O) groups excluding carboxylic acids is 2. The first-order valence-electron chi connectivity index (χ1n) is 10.2. The molecule has 0 spiro atoms. The molecule has 0 fully saturated rings. The van der Waals surface area contributed by atoms with Gasteiger partial charge in [-0.1, -0.05) is 41.9 Å². The molecule has 4 rings (SSSR count). The van der Waals surface area contributed by atoms with E-state index in [-0.39, 0.29) is 17.0 Å². The molecule has 2 aromatic heterocycles. The number of rotatable bonds is 7. The maximum atomic E-state index is 12.7. The van der Waals surface area contributed by atoms with Crippen molar-refractivity contribution in [2.45, 2.75) is 24.8 Å². The Kier molecular flexibility index (Phi) is 6.36. The molecular weight excluding hydrogens is 478 g/mol. The van der Waals surface area contributed by atoms with Crippen molar-refractivity contribution < 1.29 is 18.0 Å². The van der Waals surface area contributed by atoms with Crippen LogP contribution in [0.1, 0.15) is 27.4 Å². The number of hydrogen-bond donors (Lipinski definition) is 2. The third-order valence-corrected chi connectivity index (χ3v) is 6.82. The Morgan fingerprint density at radius 1 is 1.06 bits per heavy atom. The fourth-order valence-electron chi connectivity index (χ4n) is 3.46. The lowest BCUT2D eigenvalue weighted by Crippen LogP contribution is -2.31. The van der Waals surface area contributed by atoms with E-state index in [9.17, 15) is 18.0 Å². The zero-order valence-corrected chi connectivity index (χ0v) is 19.6. The SMILES string of the molecule is Cc1nc2ccc(C(=O)NS(=O)(=O)c3ccccc3)nc2n1Cc1ccc(CC(N)=O)cc1Cl. The third kappa shape index (κ3) is 4.92. The number of sulfonamides is 1. The largest absolute Gasteiger partial charge is 0.369 e. The van der Waals surface area contributed by atoms with Crippen molar-refractivity contribution >= 4 is 44.6 Å². The summed E-state index contributed by atoms with van der Waals surface area (Å²) in [6.07, 6.45) is 0.0823. The summed E-state index contributed by atoms with van der Waals surface area (Å²) in [5.41, 5.74) is 7.56. The molecule has 2 amide bonds. The van der Waals surface area contributed by atoms with Crippen molar-refractivity contribution in [2.75, 3.05) is 0 Å². The molecule has 0 unspecified atom stereocenters. The second kappa shape index (κ2) is 9.24. The predicted octanol–water partition coefficient (Wildman–Crippen LogP) is 2.59. The topological polar surface area (TPSA) is 137 Å². The van der Waals surface area contributed by atoms with E-state index in [0.717, 1.165) is 5.56 Å². The number of amides is 2. The molecule has 4 aromatic rings. The number of aromatic nitrogens is 3. The van der Waals surface area contributed by atoms with Crippen molar-refractivity contribution in [3.63, 3.8) is 0 Å². The van der Waals surface area contributed by atoms with Gasteiger partial charge in [0.2, 0.25) is 5.91 Å². The van der Waals surface area contributed by atoms with Crippen LogP contribution in [0.25, 0.3) is 11.2 Å². The summed E-state index contributed by atoms with van der Waals surface area (Å²) in [5.74, 6) is -0.677. The lowest BCUT2D eigenvalue weighted by atomic mass is 10.1. The molecule has 11 heteroatoms. The molecule has 34 heavy (non-hydrogen) atoms. The zero-order chi connectivity index (χ0) is 24.5. The number of nitrogens with two attached hydrogens (primary N) is 1. The van der Waals surface area contributed by atoms with E-state index in [1.165, 1.54) is 18.2 Å². The first-order valence-corrected chi connectivity index (χ1v) is 12.0. The van der Waals surface area contributed by atoms with Crippen molar-refractivity contribution in [3.05, 3.63) is 88.3 Å². The highest BCUT2D eigenvalue weighted by atomic mass is 35.5. The second-order valence-electron chi connectivity index (χ2n) is 7.60. The first kappa shape index (κ1) is 23.4. The van der Waals surface area contributed by atoms with E-state index in [2.05, 4.69) is 9.97 Å². The first-order chi connectivity index (χ1) is 16.1. The number of benzene rings is 2. The summed E-state index contributed by atoms with van der Waals surface area (Å²) in [5, 5.41) is 0.447. The Morgan fingerprint density at radius 2 is 1.79 bits per heavy atom. The van der Waals surface area contributed by atoms with E-state index in [4.69, 9.17) is 17.3 Å². The molecule has 174 valence electrons. The Hall–Kier alpha value is -3.76. The number of nitrogens with one attached hydrogen (secondary N) is 1. The summed E-state index contributed by atoms with van der Waals surface area (Å²) >= 11 is 6.41. The van der Waals surface area contributed by atoms with Crippen LogP contribution in [0.3, 0.4) is 0 Å². The van der Waals surface area contributed by atoms with E-state index in [0.29, 0.717) is 34.1 Å². The van der Waals surface area contributed by atoms with E-state index in [1.54, 1.807) is 54.0 Å². The number of halogens is 1. The summed E-state index contributed by atoms with van der Waals surface area (Å²) < 4.78 is 28.8. The molecular formula is C23H20ClN5O4S. The molecule has 0 aliphatic heterocycles. The number of imidazole rings is 1. The van der Waals surface area contributed by atoms with Crippen LogP contribution in [0.2, 0.25) is 5.02 Å². The minimum atomic E-state index is -4.05. The lowest BCUT2D eigenvalue weighted by molar-refractivity contribution is -0.117. The van der Waals surface area contributed by atoms with Crippen LogP contribution in [0, 0.1) is 6.92 Å². The Bertz CT molecular complexity index is 1520. The molecule has 3 N–H and O–H groups in total. The summed E-state index contributed by atoms with van der Waals surface area (Å²) in [4.78, 5) is 32.7. The lowest BCUT2D eigenvalue weighted by Gasteiger charge is -2.10. The number of nitrogens with zero attached hydrogens (tertiary/aromatic N) is 3. The highest BCUT2D eigenvalue weighted by Gasteiger charge is 2.21. The number of hydrogen-bond acceptors (Lipinski definition) is 6. The zero-order valence-electron chi connectivity index (χ0n) is 18.0. The van der Waals surface area contributed by atoms with Crippen LogP contribution in [-0.4, -0.2) is 34.8 Å². The minimum Gasteiger partial charge on any atom is -0.369 e. The Balaban J connectivity index is 1.64. The standard InChI is InChI=1S/C23H20ClN5O4S/c1-14-26-19-9-10-20(23(31)28-34(32,33)17-5-3-2-4-6-17)27-22(19)29(14)13-16-8-7-15(11-18(16)24)12-21(25)30/h2-11H,12-13H2,1H3,(H2,25,30)(H,28,31). The molecule has 0 aliphatic rings. The van der Waals surface area contributed by atoms with Crippen LogP contribution >= 0.6 is 11.6 Å². The molecule has 0 atom stereocenters. The van der Waals surface area contributed by atoms with Crippen LogP contribution in [0.4, 0.5) is 0 Å². The van der Waals surface area contributed by atoms with Crippen molar-refractivity contribution in [2.24, 2.45) is 5.73 Å². The Morgan fingerprint density at radius 3 is 2.47 bits per heavy atom. The van der Waals surface area contributed by atoms with Gasteiger partial charge in [0.25, 0.3) is 15.9 Å². The van der Waals surface area contributed by atoms with Gasteiger partial charge in [-0.15, -0.1) is 0 Å². The number of aryl methyl sites for hydroxylation is 1. The van der Waals surface area contributed by atoms with E-state index >= 15 is 0 Å². The predicted molar refractivity (Wildman–Crippen MR) is 127 cm³/mol. The number of primary amides is 1. The molecule has 0 radical (unpaired) electrons. The quantitative estimate of drug-likeness (QED) is 0.402. The fraction of sp³-hybridized carbons (Fsp3) is 0.130. The van der Waals surface area contributed by atoms with Gasteiger partial charge in [-0.2, -0.15) is 0 Å². The van der Waals surface area contributed by atoms with Crippen LogP contribution < -0.4 is 10.5 Å². The average Bonchev–Trinajstić information content (AvgIpc) is 3.09. The smallest absolute Gasteiger partial charge is 0.283 e. The number of fused-ring (bicyclic) bond motifs is 1.